The Kier molecular flexibility index (Phi) is 3.81. The molecule has 2 rings (SSSR count). The average molecular weight is 249 g/mol. The second kappa shape index (κ2) is 5.19. The van der Waals surface area contributed by atoms with Crippen LogP contribution in [0.3, 0.4) is 0 Å². The van der Waals surface area contributed by atoms with Gasteiger partial charge in [-0.15, -0.1) is 0 Å². The number of benzene rings is 1. The van der Waals surface area contributed by atoms with E-state index in [0.717, 1.165) is 30.8 Å². The summed E-state index contributed by atoms with van der Waals surface area (Å²) in [6.07, 6.45) is 3.49. The molecule has 0 aliphatic heterocycles. The average Bonchev–Trinajstić information content (AvgIpc) is 2.33. The number of hydrogen-bond donors (Lipinski definition) is 1. The van der Waals surface area contributed by atoms with E-state index >= 15 is 0 Å². The highest BCUT2D eigenvalue weighted by molar-refractivity contribution is 5.59. The van der Waals surface area contributed by atoms with Gasteiger partial charge in [0.15, 0.2) is 0 Å². The maximum absolute atomic E-state index is 9.56. The highest BCUT2D eigenvalue weighted by Gasteiger charge is 2.37. The van der Waals surface area contributed by atoms with Gasteiger partial charge in [0.25, 0.3) is 0 Å². The predicted octanol–water partition coefficient (Wildman–Crippen LogP) is 2.60. The van der Waals surface area contributed by atoms with Crippen molar-refractivity contribution in [3.63, 3.8) is 0 Å². The topological polar surface area (TPSA) is 32.7 Å². The van der Waals surface area contributed by atoms with Gasteiger partial charge in [0.2, 0.25) is 0 Å². The largest absolute Gasteiger partial charge is 0.495 e. The van der Waals surface area contributed by atoms with E-state index in [9.17, 15) is 5.11 Å². The molecule has 1 aromatic rings. The molecule has 1 fully saturated rings. The van der Waals surface area contributed by atoms with Crippen molar-refractivity contribution in [1.29, 1.82) is 0 Å². The molecule has 1 aliphatic rings. The fraction of sp³-hybridized carbons (Fsp3) is 0.600. The van der Waals surface area contributed by atoms with Gasteiger partial charge in [0, 0.05) is 19.0 Å². The molecule has 1 aromatic carbocycles. The van der Waals surface area contributed by atoms with Crippen molar-refractivity contribution in [2.24, 2.45) is 5.41 Å². The van der Waals surface area contributed by atoms with Crippen molar-refractivity contribution in [3.8, 4) is 5.75 Å². The van der Waals surface area contributed by atoms with Crippen molar-refractivity contribution < 1.29 is 9.84 Å². The third-order valence-corrected chi connectivity index (χ3v) is 4.07. The molecule has 1 saturated carbocycles. The van der Waals surface area contributed by atoms with Crippen LogP contribution in [-0.2, 0) is 0 Å². The second-order valence-corrected chi connectivity index (χ2v) is 5.54. The Balaban J connectivity index is 2.17. The first kappa shape index (κ1) is 13.2. The van der Waals surface area contributed by atoms with E-state index in [0.29, 0.717) is 0 Å². The summed E-state index contributed by atoms with van der Waals surface area (Å²) in [6, 6.07) is 6.21. The molecule has 0 saturated heterocycles. The zero-order chi connectivity index (χ0) is 13.2. The van der Waals surface area contributed by atoms with Crippen LogP contribution in [0.4, 0.5) is 5.69 Å². The predicted molar refractivity (Wildman–Crippen MR) is 74.4 cm³/mol. The molecule has 1 aliphatic carbocycles. The maximum atomic E-state index is 9.56. The lowest BCUT2D eigenvalue weighted by atomic mass is 9.69. The number of rotatable bonds is 5. The minimum Gasteiger partial charge on any atom is -0.495 e. The fourth-order valence-electron chi connectivity index (χ4n) is 2.73. The van der Waals surface area contributed by atoms with Crippen molar-refractivity contribution in [3.05, 3.63) is 23.8 Å². The molecule has 0 aromatic heterocycles. The molecule has 3 nitrogen and oxygen atoms in total. The number of nitrogens with zero attached hydrogens (tertiary/aromatic N) is 1. The molecule has 1 N–H and O–H groups in total. The van der Waals surface area contributed by atoms with Crippen LogP contribution in [0.1, 0.15) is 24.8 Å². The van der Waals surface area contributed by atoms with E-state index in [4.69, 9.17) is 4.74 Å². The van der Waals surface area contributed by atoms with Gasteiger partial charge in [0.1, 0.15) is 5.75 Å². The Labute approximate surface area is 109 Å². The summed E-state index contributed by atoms with van der Waals surface area (Å²) in [7, 11) is 3.78. The Bertz CT molecular complexity index is 407. The molecule has 0 bridgehead atoms. The zero-order valence-corrected chi connectivity index (χ0v) is 11.6. The van der Waals surface area contributed by atoms with Crippen LogP contribution in [0.25, 0.3) is 0 Å². The van der Waals surface area contributed by atoms with Gasteiger partial charge in [-0.3, -0.25) is 0 Å². The van der Waals surface area contributed by atoms with Gasteiger partial charge >= 0.3 is 0 Å². The van der Waals surface area contributed by atoms with Gasteiger partial charge in [0.05, 0.1) is 19.4 Å². The molecular weight excluding hydrogens is 226 g/mol. The monoisotopic (exact) mass is 249 g/mol. The van der Waals surface area contributed by atoms with E-state index < -0.39 is 0 Å². The van der Waals surface area contributed by atoms with Crippen molar-refractivity contribution in [1.82, 2.24) is 0 Å². The van der Waals surface area contributed by atoms with Crippen LogP contribution in [0.5, 0.6) is 5.75 Å². The summed E-state index contributed by atoms with van der Waals surface area (Å²) >= 11 is 0. The highest BCUT2D eigenvalue weighted by atomic mass is 16.5. The van der Waals surface area contributed by atoms with Gasteiger partial charge in [-0.1, -0.05) is 12.5 Å². The molecule has 3 heteroatoms. The third kappa shape index (κ3) is 2.46. The summed E-state index contributed by atoms with van der Waals surface area (Å²) < 4.78 is 5.42. The minimum absolute atomic E-state index is 0.101. The normalized spacial score (nSPS) is 17.1. The third-order valence-electron chi connectivity index (χ3n) is 4.07. The van der Waals surface area contributed by atoms with Crippen LogP contribution >= 0.6 is 0 Å². The quantitative estimate of drug-likeness (QED) is 0.870. The Morgan fingerprint density at radius 1 is 1.39 bits per heavy atom. The highest BCUT2D eigenvalue weighted by Crippen LogP contribution is 2.42. The molecule has 0 atom stereocenters. The number of hydrogen-bond acceptors (Lipinski definition) is 3. The van der Waals surface area contributed by atoms with Crippen LogP contribution in [0, 0.1) is 12.3 Å². The lowest BCUT2D eigenvalue weighted by Crippen LogP contribution is -2.43. The number of anilines is 1. The summed E-state index contributed by atoms with van der Waals surface area (Å²) in [5.41, 5.74) is 2.44. The van der Waals surface area contributed by atoms with E-state index in [-0.39, 0.29) is 12.0 Å². The Morgan fingerprint density at radius 3 is 2.61 bits per heavy atom. The fourth-order valence-corrected chi connectivity index (χ4v) is 2.73. The number of ether oxygens (including phenoxy) is 1. The molecule has 0 heterocycles. The zero-order valence-electron chi connectivity index (χ0n) is 11.6. The summed E-state index contributed by atoms with van der Waals surface area (Å²) in [4.78, 5) is 2.21. The lowest BCUT2D eigenvalue weighted by molar-refractivity contribution is 0.0523. The van der Waals surface area contributed by atoms with Crippen LogP contribution in [0.15, 0.2) is 18.2 Å². The SMILES string of the molecule is COc1ccc(C)cc1N(C)CC1(CO)CCC1. The van der Waals surface area contributed by atoms with Crippen LogP contribution < -0.4 is 9.64 Å². The van der Waals surface area contributed by atoms with Gasteiger partial charge in [-0.25, -0.2) is 0 Å². The number of methoxy groups -OCH3 is 1. The summed E-state index contributed by atoms with van der Waals surface area (Å²) in [6.45, 7) is 3.26. The van der Waals surface area contributed by atoms with Gasteiger partial charge < -0.3 is 14.7 Å². The second-order valence-electron chi connectivity index (χ2n) is 5.54. The van der Waals surface area contributed by atoms with E-state index in [1.807, 2.05) is 6.07 Å². The van der Waals surface area contributed by atoms with E-state index in [1.54, 1.807) is 7.11 Å². The first-order valence-electron chi connectivity index (χ1n) is 6.57. The molecule has 0 spiro atoms. The number of aliphatic hydroxyl groups is 1. The van der Waals surface area contributed by atoms with E-state index in [2.05, 4.69) is 31.0 Å². The van der Waals surface area contributed by atoms with Crippen molar-refractivity contribution in [2.45, 2.75) is 26.2 Å². The molecular formula is C15H23NO2. The molecule has 0 unspecified atom stereocenters. The molecule has 18 heavy (non-hydrogen) atoms. The van der Waals surface area contributed by atoms with Crippen LogP contribution in [0.2, 0.25) is 0 Å². The Hall–Kier alpha value is -1.22. The molecule has 100 valence electrons. The smallest absolute Gasteiger partial charge is 0.142 e. The lowest BCUT2D eigenvalue weighted by Gasteiger charge is -2.43. The molecule has 0 radical (unpaired) electrons. The van der Waals surface area contributed by atoms with Crippen molar-refractivity contribution in [2.75, 3.05) is 32.2 Å². The first-order chi connectivity index (χ1) is 8.60. The van der Waals surface area contributed by atoms with Gasteiger partial charge in [-0.05, 0) is 37.5 Å². The standard InChI is InChI=1S/C15H23NO2/c1-12-5-6-14(18-3)13(9-12)16(2)10-15(11-17)7-4-8-15/h5-6,9,17H,4,7-8,10-11H2,1-3H3. The minimum atomic E-state index is 0.101. The van der Waals surface area contributed by atoms with Gasteiger partial charge in [-0.2, -0.15) is 0 Å². The Morgan fingerprint density at radius 2 is 2.11 bits per heavy atom. The number of aryl methyl sites for hydroxylation is 1. The summed E-state index contributed by atoms with van der Waals surface area (Å²) in [5, 5.41) is 9.56. The first-order valence-corrected chi connectivity index (χ1v) is 6.57. The molecule has 0 amide bonds. The van der Waals surface area contributed by atoms with E-state index in [1.165, 1.54) is 12.0 Å². The summed E-state index contributed by atoms with van der Waals surface area (Å²) in [5.74, 6) is 0.899. The number of aliphatic hydroxyl groups excluding tert-OH is 1. The van der Waals surface area contributed by atoms with Crippen LogP contribution in [-0.4, -0.2) is 32.4 Å². The van der Waals surface area contributed by atoms with Crippen molar-refractivity contribution >= 4 is 5.69 Å². The maximum Gasteiger partial charge on any atom is 0.142 e.